The fraction of sp³-hybridized carbons (Fsp3) is 0. The van der Waals surface area contributed by atoms with Gasteiger partial charge in [-0.15, -0.1) is 5.10 Å². The van der Waals surface area contributed by atoms with Gasteiger partial charge in [0.05, 0.1) is 17.2 Å². The van der Waals surface area contributed by atoms with E-state index in [1.165, 1.54) is 0 Å². The molecule has 62 valence electrons. The molecule has 0 aliphatic carbocycles. The predicted octanol–water partition coefficient (Wildman–Crippen LogP) is 1.26. The molecule has 1 aromatic heterocycles. The van der Waals surface area contributed by atoms with Crippen molar-refractivity contribution in [2.24, 2.45) is 10.2 Å². The second-order valence-corrected chi connectivity index (χ2v) is 2.84. The van der Waals surface area contributed by atoms with E-state index in [2.05, 4.69) is 15.2 Å². The number of para-hydroxylation sites is 1. The van der Waals surface area contributed by atoms with Crippen molar-refractivity contribution in [3.05, 3.63) is 30.1 Å². The van der Waals surface area contributed by atoms with Gasteiger partial charge in [-0.25, -0.2) is 4.98 Å². The van der Waals surface area contributed by atoms with Crippen LogP contribution >= 0.6 is 0 Å². The molecule has 2 heterocycles. The van der Waals surface area contributed by atoms with Crippen LogP contribution in [-0.4, -0.2) is 22.1 Å². The van der Waals surface area contributed by atoms with Crippen LogP contribution in [-0.2, 0) is 0 Å². The Balaban J connectivity index is 2.56. The average Bonchev–Trinajstić information content (AvgIpc) is 2.44. The minimum atomic E-state index is 0.970. The van der Waals surface area contributed by atoms with Gasteiger partial charge < -0.3 is 0 Å². The summed E-state index contributed by atoms with van der Waals surface area (Å²) in [6.45, 7) is 0. The summed E-state index contributed by atoms with van der Waals surface area (Å²) in [6.07, 6.45) is 5.14. The minimum absolute atomic E-state index is 0.970. The SMILES string of the molecule is C1=NN=Cn2cnc3cccc1c32. The summed E-state index contributed by atoms with van der Waals surface area (Å²) in [5.41, 5.74) is 3.08. The van der Waals surface area contributed by atoms with Crippen LogP contribution in [0.5, 0.6) is 0 Å². The van der Waals surface area contributed by atoms with Crippen LogP contribution in [0.4, 0.5) is 0 Å². The van der Waals surface area contributed by atoms with E-state index < -0.39 is 0 Å². The number of rotatable bonds is 0. The van der Waals surface area contributed by atoms with E-state index >= 15 is 0 Å². The van der Waals surface area contributed by atoms with Gasteiger partial charge in [0.2, 0.25) is 0 Å². The van der Waals surface area contributed by atoms with Crippen molar-refractivity contribution in [2.75, 3.05) is 0 Å². The highest BCUT2D eigenvalue weighted by Gasteiger charge is 2.06. The molecular weight excluding hydrogens is 164 g/mol. The Hall–Kier alpha value is -1.97. The van der Waals surface area contributed by atoms with E-state index in [-0.39, 0.29) is 0 Å². The van der Waals surface area contributed by atoms with Crippen molar-refractivity contribution < 1.29 is 0 Å². The molecule has 0 saturated heterocycles. The van der Waals surface area contributed by atoms with Gasteiger partial charge in [-0.3, -0.25) is 4.57 Å². The molecule has 2 aromatic rings. The molecule has 0 spiro atoms. The fourth-order valence-electron chi connectivity index (χ4n) is 1.49. The Morgan fingerprint density at radius 3 is 3.15 bits per heavy atom. The Labute approximate surface area is 74.2 Å². The van der Waals surface area contributed by atoms with Gasteiger partial charge in [-0.2, -0.15) is 5.10 Å². The van der Waals surface area contributed by atoms with Crippen molar-refractivity contribution in [1.29, 1.82) is 0 Å². The zero-order valence-corrected chi connectivity index (χ0v) is 6.75. The second kappa shape index (κ2) is 2.26. The summed E-state index contributed by atoms with van der Waals surface area (Å²) in [5.74, 6) is 0. The molecule has 0 saturated carbocycles. The molecule has 13 heavy (non-hydrogen) atoms. The molecule has 0 atom stereocenters. The molecule has 0 bridgehead atoms. The molecule has 4 heteroatoms. The summed E-state index contributed by atoms with van der Waals surface area (Å²) < 4.78 is 1.87. The smallest absolute Gasteiger partial charge is 0.123 e. The first-order valence-electron chi connectivity index (χ1n) is 3.97. The van der Waals surface area contributed by atoms with E-state index in [9.17, 15) is 0 Å². The van der Waals surface area contributed by atoms with E-state index in [0.717, 1.165) is 16.6 Å². The molecule has 0 N–H and O–H groups in total. The summed E-state index contributed by atoms with van der Waals surface area (Å²) >= 11 is 0. The third-order valence-corrected chi connectivity index (χ3v) is 2.06. The maximum Gasteiger partial charge on any atom is 0.123 e. The first kappa shape index (κ1) is 6.54. The van der Waals surface area contributed by atoms with Gasteiger partial charge in [0, 0.05) is 5.56 Å². The van der Waals surface area contributed by atoms with E-state index in [1.807, 2.05) is 22.8 Å². The molecule has 0 radical (unpaired) electrons. The molecule has 0 unspecified atom stereocenters. The van der Waals surface area contributed by atoms with Crippen LogP contribution in [0.15, 0.2) is 34.7 Å². The maximum absolute atomic E-state index is 4.24. The van der Waals surface area contributed by atoms with Gasteiger partial charge >= 0.3 is 0 Å². The molecule has 1 aliphatic rings. The number of hydrogen-bond acceptors (Lipinski definition) is 3. The Morgan fingerprint density at radius 1 is 1.15 bits per heavy atom. The number of hydrogen-bond donors (Lipinski definition) is 0. The Bertz CT molecular complexity index is 521. The van der Waals surface area contributed by atoms with Gasteiger partial charge in [0.25, 0.3) is 0 Å². The predicted molar refractivity (Wildman–Crippen MR) is 51.2 cm³/mol. The van der Waals surface area contributed by atoms with E-state index in [1.54, 1.807) is 18.9 Å². The Kier molecular flexibility index (Phi) is 1.14. The van der Waals surface area contributed by atoms with Crippen molar-refractivity contribution in [3.8, 4) is 0 Å². The molecule has 1 aliphatic heterocycles. The van der Waals surface area contributed by atoms with Gasteiger partial charge in [-0.1, -0.05) is 12.1 Å². The lowest BCUT2D eigenvalue weighted by Gasteiger charge is -1.95. The van der Waals surface area contributed by atoms with Crippen molar-refractivity contribution in [2.45, 2.75) is 0 Å². The van der Waals surface area contributed by atoms with Gasteiger partial charge in [0.1, 0.15) is 12.7 Å². The Morgan fingerprint density at radius 2 is 2.15 bits per heavy atom. The summed E-state index contributed by atoms with van der Waals surface area (Å²) in [7, 11) is 0. The lowest BCUT2D eigenvalue weighted by atomic mass is 10.2. The van der Waals surface area contributed by atoms with Crippen LogP contribution in [0.1, 0.15) is 5.56 Å². The molecular formula is C9H6N4. The number of imidazole rings is 1. The summed E-state index contributed by atoms with van der Waals surface area (Å²) in [4.78, 5) is 4.24. The normalized spacial score (nSPS) is 13.5. The van der Waals surface area contributed by atoms with Crippen LogP contribution in [0, 0.1) is 0 Å². The topological polar surface area (TPSA) is 42.5 Å². The molecule has 0 amide bonds. The monoisotopic (exact) mass is 170 g/mol. The number of nitrogens with zero attached hydrogens (tertiary/aromatic N) is 4. The molecule has 0 fully saturated rings. The van der Waals surface area contributed by atoms with E-state index in [4.69, 9.17) is 0 Å². The third kappa shape index (κ3) is 0.823. The van der Waals surface area contributed by atoms with Crippen molar-refractivity contribution in [3.63, 3.8) is 0 Å². The highest BCUT2D eigenvalue weighted by Crippen LogP contribution is 2.16. The van der Waals surface area contributed by atoms with Crippen LogP contribution in [0.2, 0.25) is 0 Å². The highest BCUT2D eigenvalue weighted by atomic mass is 15.3. The van der Waals surface area contributed by atoms with Crippen LogP contribution < -0.4 is 0 Å². The van der Waals surface area contributed by atoms with Crippen LogP contribution in [0.3, 0.4) is 0 Å². The number of aromatic nitrogens is 2. The van der Waals surface area contributed by atoms with Gasteiger partial charge in [0.15, 0.2) is 0 Å². The lowest BCUT2D eigenvalue weighted by Crippen LogP contribution is -1.92. The van der Waals surface area contributed by atoms with Crippen molar-refractivity contribution in [1.82, 2.24) is 9.55 Å². The third-order valence-electron chi connectivity index (χ3n) is 2.06. The maximum atomic E-state index is 4.24. The standard InChI is InChI=1S/C9H6N4/c1-2-7-4-11-12-6-13-5-10-8(3-1)9(7)13/h1-6H. The summed E-state index contributed by atoms with van der Waals surface area (Å²) in [6, 6.07) is 5.94. The average molecular weight is 170 g/mol. The first-order chi connectivity index (χ1) is 6.45. The minimum Gasteiger partial charge on any atom is -0.287 e. The fourth-order valence-corrected chi connectivity index (χ4v) is 1.49. The molecule has 4 nitrogen and oxygen atoms in total. The first-order valence-corrected chi connectivity index (χ1v) is 3.97. The largest absolute Gasteiger partial charge is 0.287 e. The van der Waals surface area contributed by atoms with E-state index in [0.29, 0.717) is 0 Å². The van der Waals surface area contributed by atoms with Crippen molar-refractivity contribution >= 4 is 23.6 Å². The molecule has 3 rings (SSSR count). The molecule has 1 aromatic carbocycles. The zero-order valence-electron chi connectivity index (χ0n) is 6.75. The highest BCUT2D eigenvalue weighted by molar-refractivity contribution is 5.99. The quantitative estimate of drug-likeness (QED) is 0.586. The number of benzene rings is 1. The zero-order chi connectivity index (χ0) is 8.67. The lowest BCUT2D eigenvalue weighted by molar-refractivity contribution is 1.16. The second-order valence-electron chi connectivity index (χ2n) is 2.84. The summed E-state index contributed by atoms with van der Waals surface area (Å²) in [5, 5.41) is 7.73. The van der Waals surface area contributed by atoms with Gasteiger partial charge in [-0.05, 0) is 6.07 Å². The van der Waals surface area contributed by atoms with Crippen LogP contribution in [0.25, 0.3) is 11.0 Å².